The van der Waals surface area contributed by atoms with Crippen LogP contribution in [0.4, 0.5) is 5.69 Å². The van der Waals surface area contributed by atoms with Crippen LogP contribution in [-0.4, -0.2) is 21.4 Å². The number of ether oxygens (including phenoxy) is 1. The highest BCUT2D eigenvalue weighted by Gasteiger charge is 2.21. The number of nitrogens with zero attached hydrogens (tertiary/aromatic N) is 2. The van der Waals surface area contributed by atoms with E-state index in [1.165, 1.54) is 10.9 Å². The van der Waals surface area contributed by atoms with Crippen LogP contribution in [0, 0.1) is 20.8 Å². The number of benzene rings is 2. The first-order chi connectivity index (χ1) is 15.8. The summed E-state index contributed by atoms with van der Waals surface area (Å²) < 4.78 is 6.66. The van der Waals surface area contributed by atoms with Gasteiger partial charge in [-0.05, 0) is 55.2 Å². The first kappa shape index (κ1) is 22.4. The predicted octanol–water partition coefficient (Wildman–Crippen LogP) is 4.38. The number of aryl methyl sites for hydroxylation is 3. The van der Waals surface area contributed by atoms with Gasteiger partial charge in [-0.25, -0.2) is 9.78 Å². The van der Waals surface area contributed by atoms with Crippen LogP contribution in [0.5, 0.6) is 0 Å². The molecule has 0 aliphatic heterocycles. The molecule has 4 rings (SSSR count). The van der Waals surface area contributed by atoms with Crippen LogP contribution in [0.3, 0.4) is 0 Å². The third-order valence-corrected chi connectivity index (χ3v) is 6.60. The van der Waals surface area contributed by atoms with Crippen molar-refractivity contribution in [2.45, 2.75) is 33.9 Å². The molecule has 2 aromatic heterocycles. The largest absolute Gasteiger partial charge is 0.457 e. The minimum absolute atomic E-state index is 0.143. The lowest BCUT2D eigenvalue weighted by molar-refractivity contribution is -0.116. The van der Waals surface area contributed by atoms with E-state index in [9.17, 15) is 14.4 Å². The Morgan fingerprint density at radius 3 is 2.55 bits per heavy atom. The Bertz CT molecular complexity index is 1410. The maximum atomic E-state index is 13.0. The number of fused-ring (bicyclic) bond motifs is 1. The monoisotopic (exact) mass is 461 g/mol. The zero-order valence-corrected chi connectivity index (χ0v) is 19.4. The number of anilines is 1. The maximum Gasteiger partial charge on any atom is 0.349 e. The van der Waals surface area contributed by atoms with Gasteiger partial charge in [-0.1, -0.05) is 36.4 Å². The SMILES string of the molecule is Cc1ccc(NC(=O)Cn2cnc3sc(C(=O)OCc4ccccc4)c(C)c3c2=O)cc1C. The van der Waals surface area contributed by atoms with Gasteiger partial charge in [0.15, 0.2) is 0 Å². The molecule has 2 aromatic carbocycles. The second kappa shape index (κ2) is 9.38. The van der Waals surface area contributed by atoms with E-state index >= 15 is 0 Å². The van der Waals surface area contributed by atoms with Crippen molar-refractivity contribution in [2.24, 2.45) is 0 Å². The van der Waals surface area contributed by atoms with Crippen LogP contribution < -0.4 is 10.9 Å². The lowest BCUT2D eigenvalue weighted by Gasteiger charge is -2.09. The molecular formula is C25H23N3O4S. The molecule has 0 atom stereocenters. The topological polar surface area (TPSA) is 90.3 Å². The highest BCUT2D eigenvalue weighted by Crippen LogP contribution is 2.27. The Labute approximate surface area is 194 Å². The van der Waals surface area contributed by atoms with Gasteiger partial charge in [0.1, 0.15) is 22.9 Å². The van der Waals surface area contributed by atoms with Crippen molar-refractivity contribution in [3.63, 3.8) is 0 Å². The number of hydrogen-bond donors (Lipinski definition) is 1. The van der Waals surface area contributed by atoms with E-state index in [0.29, 0.717) is 26.3 Å². The van der Waals surface area contributed by atoms with Gasteiger partial charge in [0.25, 0.3) is 5.56 Å². The maximum absolute atomic E-state index is 13.0. The summed E-state index contributed by atoms with van der Waals surface area (Å²) in [5.41, 5.74) is 3.87. The fraction of sp³-hybridized carbons (Fsp3) is 0.200. The zero-order valence-electron chi connectivity index (χ0n) is 18.5. The van der Waals surface area contributed by atoms with Gasteiger partial charge in [-0.3, -0.25) is 14.2 Å². The number of thiophene rings is 1. The smallest absolute Gasteiger partial charge is 0.349 e. The van der Waals surface area contributed by atoms with Crippen LogP contribution >= 0.6 is 11.3 Å². The number of aromatic nitrogens is 2. The predicted molar refractivity (Wildman–Crippen MR) is 129 cm³/mol. The average Bonchev–Trinajstić information content (AvgIpc) is 3.14. The second-order valence-corrected chi connectivity index (χ2v) is 8.82. The molecule has 0 radical (unpaired) electrons. The molecule has 0 aliphatic carbocycles. The number of hydrogen-bond acceptors (Lipinski definition) is 6. The molecule has 33 heavy (non-hydrogen) atoms. The van der Waals surface area contributed by atoms with Gasteiger partial charge in [-0.2, -0.15) is 0 Å². The minimum Gasteiger partial charge on any atom is -0.457 e. The van der Waals surface area contributed by atoms with Crippen molar-refractivity contribution in [1.82, 2.24) is 9.55 Å². The van der Waals surface area contributed by atoms with Crippen molar-refractivity contribution in [2.75, 3.05) is 5.32 Å². The van der Waals surface area contributed by atoms with E-state index in [4.69, 9.17) is 4.74 Å². The zero-order chi connectivity index (χ0) is 23.5. The number of rotatable bonds is 6. The molecule has 0 spiro atoms. The van der Waals surface area contributed by atoms with E-state index < -0.39 is 5.97 Å². The third kappa shape index (κ3) is 4.85. The molecule has 4 aromatic rings. The summed E-state index contributed by atoms with van der Waals surface area (Å²) in [6, 6.07) is 15.0. The Hall–Kier alpha value is -3.78. The molecule has 1 N–H and O–H groups in total. The fourth-order valence-electron chi connectivity index (χ4n) is 3.43. The van der Waals surface area contributed by atoms with Crippen molar-refractivity contribution < 1.29 is 14.3 Å². The van der Waals surface area contributed by atoms with Gasteiger partial charge in [0, 0.05) is 5.69 Å². The van der Waals surface area contributed by atoms with Crippen LogP contribution in [0.1, 0.15) is 31.9 Å². The lowest BCUT2D eigenvalue weighted by atomic mass is 10.1. The fourth-order valence-corrected chi connectivity index (χ4v) is 4.46. The Morgan fingerprint density at radius 2 is 1.82 bits per heavy atom. The van der Waals surface area contributed by atoms with Crippen molar-refractivity contribution in [3.05, 3.63) is 92.3 Å². The normalized spacial score (nSPS) is 10.9. The standard InChI is InChI=1S/C25H23N3O4S/c1-15-9-10-19(11-16(15)2)27-20(29)12-28-14-26-23-21(24(28)30)17(3)22(33-23)25(31)32-13-18-7-5-4-6-8-18/h4-11,14H,12-13H2,1-3H3,(H,27,29). The number of esters is 1. The van der Waals surface area contributed by atoms with Crippen LogP contribution in [0.2, 0.25) is 0 Å². The summed E-state index contributed by atoms with van der Waals surface area (Å²) in [4.78, 5) is 43.3. The first-order valence-electron chi connectivity index (χ1n) is 10.4. The molecule has 0 bridgehead atoms. The Balaban J connectivity index is 1.52. The van der Waals surface area contributed by atoms with Gasteiger partial charge in [0.05, 0.1) is 11.7 Å². The van der Waals surface area contributed by atoms with E-state index in [0.717, 1.165) is 28.0 Å². The van der Waals surface area contributed by atoms with Gasteiger partial charge in [-0.15, -0.1) is 11.3 Å². The molecule has 1 amide bonds. The molecule has 0 saturated carbocycles. The van der Waals surface area contributed by atoms with Crippen LogP contribution in [0.15, 0.2) is 59.7 Å². The van der Waals surface area contributed by atoms with Crippen molar-refractivity contribution in [3.8, 4) is 0 Å². The van der Waals surface area contributed by atoms with E-state index in [1.807, 2.05) is 62.4 Å². The number of carbonyl (C=O) groups is 2. The van der Waals surface area contributed by atoms with Gasteiger partial charge < -0.3 is 10.1 Å². The van der Waals surface area contributed by atoms with Crippen LogP contribution in [0.25, 0.3) is 10.2 Å². The summed E-state index contributed by atoms with van der Waals surface area (Å²) in [6.45, 7) is 5.62. The molecule has 2 heterocycles. The second-order valence-electron chi connectivity index (χ2n) is 7.82. The Kier molecular flexibility index (Phi) is 6.37. The molecule has 0 saturated heterocycles. The lowest BCUT2D eigenvalue weighted by Crippen LogP contribution is -2.28. The molecule has 0 fully saturated rings. The number of nitrogens with one attached hydrogen (secondary N) is 1. The first-order valence-corrected chi connectivity index (χ1v) is 11.2. The third-order valence-electron chi connectivity index (χ3n) is 5.42. The number of carbonyl (C=O) groups excluding carboxylic acids is 2. The van der Waals surface area contributed by atoms with E-state index in [1.54, 1.807) is 6.92 Å². The minimum atomic E-state index is -0.502. The Morgan fingerprint density at radius 1 is 1.06 bits per heavy atom. The quantitative estimate of drug-likeness (QED) is 0.431. The number of amides is 1. The summed E-state index contributed by atoms with van der Waals surface area (Å²) in [5.74, 6) is -0.838. The van der Waals surface area contributed by atoms with Crippen LogP contribution in [-0.2, 0) is 22.7 Å². The summed E-state index contributed by atoms with van der Waals surface area (Å²) in [6.07, 6.45) is 1.33. The van der Waals surface area contributed by atoms with Gasteiger partial charge in [0.2, 0.25) is 5.91 Å². The molecule has 0 unspecified atom stereocenters. The highest BCUT2D eigenvalue weighted by molar-refractivity contribution is 7.20. The highest BCUT2D eigenvalue weighted by atomic mass is 32.1. The summed E-state index contributed by atoms with van der Waals surface area (Å²) >= 11 is 1.11. The van der Waals surface area contributed by atoms with Gasteiger partial charge >= 0.3 is 5.97 Å². The molecule has 8 heteroatoms. The molecule has 168 valence electrons. The molecule has 0 aliphatic rings. The van der Waals surface area contributed by atoms with E-state index in [2.05, 4.69) is 10.3 Å². The molecular weight excluding hydrogens is 438 g/mol. The average molecular weight is 462 g/mol. The summed E-state index contributed by atoms with van der Waals surface area (Å²) in [7, 11) is 0. The van der Waals surface area contributed by atoms with Crippen molar-refractivity contribution >= 4 is 39.1 Å². The van der Waals surface area contributed by atoms with Crippen molar-refractivity contribution in [1.29, 1.82) is 0 Å². The summed E-state index contributed by atoms with van der Waals surface area (Å²) in [5, 5.41) is 3.13. The molecule has 7 nitrogen and oxygen atoms in total. The van der Waals surface area contributed by atoms with E-state index in [-0.39, 0.29) is 24.6 Å².